The molecule has 5 nitrogen and oxygen atoms in total. The summed E-state index contributed by atoms with van der Waals surface area (Å²) in [5, 5.41) is 22.5. The Morgan fingerprint density at radius 1 is 1.43 bits per heavy atom. The first kappa shape index (κ1) is 16.1. The second kappa shape index (κ2) is 7.11. The number of amides is 1. The number of aliphatic hydroxyl groups is 2. The van der Waals surface area contributed by atoms with Crippen molar-refractivity contribution in [2.75, 3.05) is 6.61 Å². The van der Waals surface area contributed by atoms with Gasteiger partial charge in [0.2, 0.25) is 0 Å². The van der Waals surface area contributed by atoms with Crippen LogP contribution in [0.1, 0.15) is 24.8 Å². The first-order valence-corrected chi connectivity index (χ1v) is 7.39. The van der Waals surface area contributed by atoms with E-state index in [9.17, 15) is 15.0 Å². The Balaban J connectivity index is 1.86. The number of aliphatic hydroxyl groups excluding tert-OH is 2. The highest BCUT2D eigenvalue weighted by Crippen LogP contribution is 2.25. The van der Waals surface area contributed by atoms with E-state index in [4.69, 9.17) is 16.3 Å². The van der Waals surface area contributed by atoms with Crippen molar-refractivity contribution in [3.63, 3.8) is 0 Å². The maximum absolute atomic E-state index is 11.9. The van der Waals surface area contributed by atoms with Gasteiger partial charge in [-0.2, -0.15) is 0 Å². The van der Waals surface area contributed by atoms with Crippen molar-refractivity contribution < 1.29 is 19.7 Å². The van der Waals surface area contributed by atoms with Gasteiger partial charge in [0.1, 0.15) is 5.75 Å². The fourth-order valence-electron chi connectivity index (χ4n) is 2.43. The summed E-state index contributed by atoms with van der Waals surface area (Å²) >= 11 is 5.98. The number of hydrogen-bond acceptors (Lipinski definition) is 4. The van der Waals surface area contributed by atoms with E-state index >= 15 is 0 Å². The number of rotatable bonds is 4. The minimum absolute atomic E-state index is 0.178. The molecule has 0 bridgehead atoms. The lowest BCUT2D eigenvalue weighted by atomic mass is 9.90. The summed E-state index contributed by atoms with van der Waals surface area (Å²) in [5.74, 6) is 0.113. The van der Waals surface area contributed by atoms with E-state index in [0.717, 1.165) is 12.0 Å². The molecule has 0 radical (unpaired) electrons. The first-order valence-electron chi connectivity index (χ1n) is 7.02. The van der Waals surface area contributed by atoms with Crippen molar-refractivity contribution in [1.82, 2.24) is 5.32 Å². The van der Waals surface area contributed by atoms with Gasteiger partial charge < -0.3 is 20.3 Å². The molecule has 21 heavy (non-hydrogen) atoms. The number of benzene rings is 1. The maximum atomic E-state index is 11.9. The molecule has 0 unspecified atom stereocenters. The average Bonchev–Trinajstić information content (AvgIpc) is 2.45. The number of ether oxygens (including phenoxy) is 1. The number of carbonyl (C=O) groups excluding carboxylic acids is 1. The van der Waals surface area contributed by atoms with Crippen molar-refractivity contribution in [3.05, 3.63) is 28.8 Å². The van der Waals surface area contributed by atoms with E-state index in [2.05, 4.69) is 5.32 Å². The van der Waals surface area contributed by atoms with Crippen LogP contribution in [0.25, 0.3) is 0 Å². The molecule has 0 spiro atoms. The number of halogens is 1. The van der Waals surface area contributed by atoms with Crippen molar-refractivity contribution >= 4 is 17.5 Å². The Morgan fingerprint density at radius 3 is 2.95 bits per heavy atom. The van der Waals surface area contributed by atoms with E-state index in [1.54, 1.807) is 12.1 Å². The summed E-state index contributed by atoms with van der Waals surface area (Å²) in [6, 6.07) is 4.90. The molecular formula is C15H20ClNO4. The lowest BCUT2D eigenvalue weighted by Crippen LogP contribution is -2.51. The molecule has 1 aromatic carbocycles. The Labute approximate surface area is 128 Å². The normalized spacial score (nSPS) is 25.4. The second-order valence-electron chi connectivity index (χ2n) is 5.39. The molecule has 116 valence electrons. The van der Waals surface area contributed by atoms with Crippen molar-refractivity contribution in [1.29, 1.82) is 0 Å². The smallest absolute Gasteiger partial charge is 0.258 e. The van der Waals surface area contributed by atoms with Gasteiger partial charge in [-0.15, -0.1) is 0 Å². The lowest BCUT2D eigenvalue weighted by molar-refractivity contribution is -0.126. The Bertz CT molecular complexity index is 508. The molecule has 3 N–H and O–H groups in total. The Hall–Kier alpha value is -1.30. The number of aryl methyl sites for hydroxylation is 1. The van der Waals surface area contributed by atoms with E-state index in [1.807, 2.05) is 13.0 Å². The molecule has 0 saturated heterocycles. The van der Waals surface area contributed by atoms with Crippen LogP contribution in [0.5, 0.6) is 5.75 Å². The fraction of sp³-hybridized carbons (Fsp3) is 0.533. The maximum Gasteiger partial charge on any atom is 0.258 e. The number of nitrogens with one attached hydrogen (secondary N) is 1. The predicted molar refractivity (Wildman–Crippen MR) is 79.5 cm³/mol. The van der Waals surface area contributed by atoms with Gasteiger partial charge >= 0.3 is 0 Å². The Kier molecular flexibility index (Phi) is 5.45. The fourth-order valence-corrected chi connectivity index (χ4v) is 2.60. The van der Waals surface area contributed by atoms with Gasteiger partial charge in [-0.3, -0.25) is 4.79 Å². The van der Waals surface area contributed by atoms with E-state index in [0.29, 0.717) is 23.6 Å². The number of hydrogen-bond donors (Lipinski definition) is 3. The van der Waals surface area contributed by atoms with Crippen LogP contribution in [0.15, 0.2) is 18.2 Å². The van der Waals surface area contributed by atoms with Gasteiger partial charge in [0.25, 0.3) is 5.91 Å². The largest absolute Gasteiger partial charge is 0.482 e. The molecule has 3 atom stereocenters. The highest BCUT2D eigenvalue weighted by Gasteiger charge is 2.31. The van der Waals surface area contributed by atoms with Gasteiger partial charge in [-0.1, -0.05) is 17.7 Å². The molecule has 1 amide bonds. The minimum Gasteiger partial charge on any atom is -0.482 e. The van der Waals surface area contributed by atoms with Gasteiger partial charge in [0.15, 0.2) is 6.61 Å². The summed E-state index contributed by atoms with van der Waals surface area (Å²) in [5.41, 5.74) is 0.987. The topological polar surface area (TPSA) is 78.8 Å². The van der Waals surface area contributed by atoms with Crippen molar-refractivity contribution in [2.45, 2.75) is 44.4 Å². The van der Waals surface area contributed by atoms with Crippen LogP contribution >= 0.6 is 11.6 Å². The molecule has 0 aliphatic heterocycles. The van der Waals surface area contributed by atoms with Crippen LogP contribution in [0.2, 0.25) is 5.02 Å². The first-order chi connectivity index (χ1) is 9.97. The predicted octanol–water partition coefficient (Wildman–Crippen LogP) is 1.42. The van der Waals surface area contributed by atoms with Gasteiger partial charge in [0.05, 0.1) is 23.3 Å². The molecule has 1 saturated carbocycles. The summed E-state index contributed by atoms with van der Waals surface area (Å²) in [6.45, 7) is 1.73. The monoisotopic (exact) mass is 313 g/mol. The zero-order valence-corrected chi connectivity index (χ0v) is 12.6. The second-order valence-corrected chi connectivity index (χ2v) is 5.79. The third kappa shape index (κ3) is 4.33. The van der Waals surface area contributed by atoms with E-state index < -0.39 is 18.2 Å². The molecule has 0 aromatic heterocycles. The SMILES string of the molecule is Cc1ccc(Cl)c(OCC(=O)N[C@@H]2CCC[C@@H](O)[C@@H]2O)c1. The summed E-state index contributed by atoms with van der Waals surface area (Å²) in [6.07, 6.45) is 0.271. The molecule has 1 aliphatic carbocycles. The van der Waals surface area contributed by atoms with Gasteiger partial charge in [-0.25, -0.2) is 0 Å². The third-order valence-corrected chi connectivity index (χ3v) is 3.93. The molecule has 1 fully saturated rings. The van der Waals surface area contributed by atoms with E-state index in [-0.39, 0.29) is 12.5 Å². The van der Waals surface area contributed by atoms with Crippen molar-refractivity contribution in [2.24, 2.45) is 0 Å². The highest BCUT2D eigenvalue weighted by molar-refractivity contribution is 6.32. The zero-order valence-electron chi connectivity index (χ0n) is 11.9. The molecule has 1 aromatic rings. The molecule has 2 rings (SSSR count). The van der Waals surface area contributed by atoms with Crippen LogP contribution in [0.3, 0.4) is 0 Å². The summed E-state index contributed by atoms with van der Waals surface area (Å²) in [4.78, 5) is 11.9. The van der Waals surface area contributed by atoms with E-state index in [1.165, 1.54) is 0 Å². The lowest BCUT2D eigenvalue weighted by Gasteiger charge is -2.32. The quantitative estimate of drug-likeness (QED) is 0.785. The van der Waals surface area contributed by atoms with Crippen LogP contribution < -0.4 is 10.1 Å². The summed E-state index contributed by atoms with van der Waals surface area (Å²) < 4.78 is 5.39. The minimum atomic E-state index is -0.926. The van der Waals surface area contributed by atoms with Gasteiger partial charge in [-0.05, 0) is 43.9 Å². The standard InChI is InChI=1S/C15H20ClNO4/c1-9-5-6-10(16)13(7-9)21-8-14(19)17-11-3-2-4-12(18)15(11)20/h5-7,11-12,15,18,20H,2-4,8H2,1H3,(H,17,19)/t11-,12-,15-/m1/s1. The number of carbonyl (C=O) groups is 1. The molecular weight excluding hydrogens is 294 g/mol. The average molecular weight is 314 g/mol. The molecule has 1 aliphatic rings. The van der Waals surface area contributed by atoms with Crippen LogP contribution in [0, 0.1) is 6.92 Å². The summed E-state index contributed by atoms with van der Waals surface area (Å²) in [7, 11) is 0. The van der Waals surface area contributed by atoms with Crippen molar-refractivity contribution in [3.8, 4) is 5.75 Å². The van der Waals surface area contributed by atoms with Crippen LogP contribution in [-0.4, -0.2) is 41.0 Å². The van der Waals surface area contributed by atoms with Crippen LogP contribution in [-0.2, 0) is 4.79 Å². The highest BCUT2D eigenvalue weighted by atomic mass is 35.5. The Morgan fingerprint density at radius 2 is 2.19 bits per heavy atom. The molecule has 6 heteroatoms. The third-order valence-electron chi connectivity index (χ3n) is 3.61. The zero-order chi connectivity index (χ0) is 15.4. The van der Waals surface area contributed by atoms with Crippen LogP contribution in [0.4, 0.5) is 0 Å². The van der Waals surface area contributed by atoms with Gasteiger partial charge in [0, 0.05) is 0 Å². The molecule has 0 heterocycles.